The van der Waals surface area contributed by atoms with E-state index in [4.69, 9.17) is 4.42 Å². The zero-order valence-electron chi connectivity index (χ0n) is 36.9. The monoisotopic (exact) mass is 843 g/mol. The fraction of sp³-hybridized carbons (Fsp3) is 0.0625. The molecule has 2 heteroatoms. The lowest BCUT2D eigenvalue weighted by Crippen LogP contribution is -2.28. The van der Waals surface area contributed by atoms with Crippen LogP contribution in [0.25, 0.3) is 66.4 Å². The molecule has 0 aliphatic heterocycles. The van der Waals surface area contributed by atoms with Gasteiger partial charge >= 0.3 is 0 Å². The first kappa shape index (κ1) is 38.3. The van der Waals surface area contributed by atoms with Crippen molar-refractivity contribution in [3.05, 3.63) is 270 Å². The van der Waals surface area contributed by atoms with E-state index in [-0.39, 0.29) is 5.41 Å². The van der Waals surface area contributed by atoms with Crippen LogP contribution in [0.2, 0.25) is 0 Å². The number of rotatable bonds is 7. The molecule has 11 aromatic rings. The molecule has 1 atom stereocenters. The second kappa shape index (κ2) is 14.7. The molecule has 0 bridgehead atoms. The van der Waals surface area contributed by atoms with E-state index in [0.717, 1.165) is 44.6 Å². The summed E-state index contributed by atoms with van der Waals surface area (Å²) >= 11 is 0. The van der Waals surface area contributed by atoms with E-state index in [0.29, 0.717) is 0 Å². The van der Waals surface area contributed by atoms with Gasteiger partial charge < -0.3 is 9.32 Å². The van der Waals surface area contributed by atoms with Crippen LogP contribution in [0.5, 0.6) is 0 Å². The second-order valence-electron chi connectivity index (χ2n) is 18.4. The highest BCUT2D eigenvalue weighted by Crippen LogP contribution is 2.59. The molecule has 1 aromatic heterocycles. The number of hydrogen-bond acceptors (Lipinski definition) is 2. The van der Waals surface area contributed by atoms with Gasteiger partial charge in [0, 0.05) is 33.2 Å². The van der Waals surface area contributed by atoms with Crippen LogP contribution in [0.15, 0.2) is 241 Å². The number of benzene rings is 10. The van der Waals surface area contributed by atoms with Crippen LogP contribution in [-0.4, -0.2) is 0 Å². The van der Waals surface area contributed by atoms with E-state index in [9.17, 15) is 0 Å². The van der Waals surface area contributed by atoms with E-state index in [1.807, 2.05) is 0 Å². The van der Waals surface area contributed by atoms with Crippen LogP contribution < -0.4 is 4.90 Å². The molecule has 0 N–H and O–H groups in total. The van der Waals surface area contributed by atoms with E-state index >= 15 is 0 Å². The van der Waals surface area contributed by atoms with Crippen molar-refractivity contribution in [2.24, 2.45) is 0 Å². The summed E-state index contributed by atoms with van der Waals surface area (Å²) < 4.78 is 6.59. The summed E-state index contributed by atoms with van der Waals surface area (Å²) in [5.41, 5.74) is 22.1. The lowest BCUT2D eigenvalue weighted by atomic mass is 9.67. The number of furan rings is 1. The summed E-state index contributed by atoms with van der Waals surface area (Å²) in [5, 5.41) is 2.22. The third-order valence-corrected chi connectivity index (χ3v) is 14.6. The maximum atomic E-state index is 6.59. The van der Waals surface area contributed by atoms with Gasteiger partial charge in [-0.15, -0.1) is 0 Å². The van der Waals surface area contributed by atoms with Gasteiger partial charge in [0.2, 0.25) is 0 Å². The van der Waals surface area contributed by atoms with E-state index in [1.54, 1.807) is 0 Å². The molecule has 2 aliphatic carbocycles. The first-order chi connectivity index (χ1) is 32.5. The summed E-state index contributed by atoms with van der Waals surface area (Å²) in [6.45, 7) is 4.72. The molecule has 0 amide bonds. The van der Waals surface area contributed by atoms with Crippen molar-refractivity contribution in [2.45, 2.75) is 24.7 Å². The van der Waals surface area contributed by atoms with E-state index < -0.39 is 5.41 Å². The Morgan fingerprint density at radius 3 is 1.64 bits per heavy atom. The first-order valence-electron chi connectivity index (χ1n) is 23.0. The first-order valence-corrected chi connectivity index (χ1v) is 23.0. The highest BCUT2D eigenvalue weighted by Gasteiger charge is 2.47. The summed E-state index contributed by atoms with van der Waals surface area (Å²) in [6, 6.07) is 87.0. The molecule has 0 radical (unpaired) electrons. The minimum atomic E-state index is -0.548. The van der Waals surface area contributed by atoms with Crippen molar-refractivity contribution in [3.8, 4) is 44.5 Å². The zero-order valence-corrected chi connectivity index (χ0v) is 36.9. The highest BCUT2D eigenvalue weighted by atomic mass is 16.3. The maximum Gasteiger partial charge on any atom is 0.136 e. The van der Waals surface area contributed by atoms with Gasteiger partial charge in [-0.05, 0) is 126 Å². The van der Waals surface area contributed by atoms with Crippen molar-refractivity contribution >= 4 is 39.0 Å². The minimum absolute atomic E-state index is 0.156. The van der Waals surface area contributed by atoms with Gasteiger partial charge in [-0.1, -0.05) is 202 Å². The normalized spacial score (nSPS) is 15.3. The molecule has 10 aromatic carbocycles. The molecule has 0 saturated heterocycles. The highest BCUT2D eigenvalue weighted by molar-refractivity contribution is 6.13. The molecular formula is C64H45NO. The van der Waals surface area contributed by atoms with Crippen LogP contribution in [0, 0.1) is 0 Å². The number of fused-ring (bicyclic) bond motifs is 9. The molecule has 0 saturated carbocycles. The van der Waals surface area contributed by atoms with Crippen LogP contribution in [0.4, 0.5) is 17.1 Å². The third-order valence-electron chi connectivity index (χ3n) is 14.6. The summed E-state index contributed by atoms with van der Waals surface area (Å²) in [6.07, 6.45) is 0. The number of hydrogen-bond donors (Lipinski definition) is 0. The number of anilines is 3. The average Bonchev–Trinajstić information content (AvgIpc) is 3.99. The summed E-state index contributed by atoms with van der Waals surface area (Å²) in [7, 11) is 0. The van der Waals surface area contributed by atoms with Gasteiger partial charge in [-0.2, -0.15) is 0 Å². The third kappa shape index (κ3) is 5.55. The molecule has 2 aliphatic rings. The Labute approximate surface area is 385 Å². The Hall–Kier alpha value is -8.20. The molecular weight excluding hydrogens is 799 g/mol. The van der Waals surface area contributed by atoms with Crippen molar-refractivity contribution in [3.63, 3.8) is 0 Å². The Morgan fingerprint density at radius 2 is 0.879 bits per heavy atom. The van der Waals surface area contributed by atoms with Crippen LogP contribution >= 0.6 is 0 Å². The van der Waals surface area contributed by atoms with Crippen molar-refractivity contribution < 1.29 is 4.42 Å². The lowest BCUT2D eigenvalue weighted by Gasteiger charge is -2.34. The zero-order chi connectivity index (χ0) is 44.0. The molecule has 312 valence electrons. The predicted molar refractivity (Wildman–Crippen MR) is 274 cm³/mol. The van der Waals surface area contributed by atoms with Gasteiger partial charge in [0.15, 0.2) is 0 Å². The molecule has 13 rings (SSSR count). The number of nitrogens with zero attached hydrogens (tertiary/aromatic N) is 1. The second-order valence-corrected chi connectivity index (χ2v) is 18.4. The topological polar surface area (TPSA) is 16.4 Å². The molecule has 1 heterocycles. The Balaban J connectivity index is 1.03. The predicted octanol–water partition coefficient (Wildman–Crippen LogP) is 17.1. The van der Waals surface area contributed by atoms with Gasteiger partial charge in [0.1, 0.15) is 11.2 Å². The Bertz CT molecular complexity index is 3660. The van der Waals surface area contributed by atoms with E-state index in [2.05, 4.69) is 255 Å². The van der Waals surface area contributed by atoms with Crippen LogP contribution in [0.1, 0.15) is 47.2 Å². The fourth-order valence-corrected chi connectivity index (χ4v) is 11.6. The molecule has 1 unspecified atom stereocenters. The fourth-order valence-electron chi connectivity index (χ4n) is 11.6. The van der Waals surface area contributed by atoms with Gasteiger partial charge in [0.25, 0.3) is 0 Å². The Kier molecular flexibility index (Phi) is 8.51. The largest absolute Gasteiger partial charge is 0.456 e. The maximum absolute atomic E-state index is 6.59. The van der Waals surface area contributed by atoms with Crippen LogP contribution in [0.3, 0.4) is 0 Å². The van der Waals surface area contributed by atoms with Gasteiger partial charge in [-0.3, -0.25) is 0 Å². The molecule has 66 heavy (non-hydrogen) atoms. The SMILES string of the molecule is CC1(C)c2ccccc2-c2ccc(N(c3ccc(C4(c5ccccc5)c5ccccc5-c5c(-c6ccccc6)cccc54)cc3)c3ccc4oc5cccc(-c6ccccc6)c5c4c3)cc21. The van der Waals surface area contributed by atoms with Crippen molar-refractivity contribution in [2.75, 3.05) is 4.90 Å². The molecule has 0 spiro atoms. The minimum Gasteiger partial charge on any atom is -0.456 e. The van der Waals surface area contributed by atoms with E-state index in [1.165, 1.54) is 72.3 Å². The summed E-state index contributed by atoms with van der Waals surface area (Å²) in [4.78, 5) is 2.44. The molecule has 2 nitrogen and oxygen atoms in total. The Morgan fingerprint density at radius 1 is 0.348 bits per heavy atom. The standard InChI is InChI=1S/C64H45NO/c1-63(2)55-28-14-12-24-51(55)52-38-36-48(41-58(52)63)65(47-37-39-59-54(40-47)62-50(27-17-31-60(62)66-59)43-20-8-4-9-21-43)46-34-32-45(33-35-46)64(44-22-10-5-11-23-44)56-29-15-13-25-53(56)61-49(26-16-30-57(61)64)42-18-6-3-7-19-42/h3-41H,1-2H3. The molecule has 0 fully saturated rings. The average molecular weight is 844 g/mol. The van der Waals surface area contributed by atoms with Crippen molar-refractivity contribution in [1.29, 1.82) is 0 Å². The quantitative estimate of drug-likeness (QED) is 0.159. The van der Waals surface area contributed by atoms with Crippen LogP contribution in [-0.2, 0) is 10.8 Å². The van der Waals surface area contributed by atoms with Gasteiger partial charge in [-0.25, -0.2) is 0 Å². The lowest BCUT2D eigenvalue weighted by molar-refractivity contribution is 0.660. The summed E-state index contributed by atoms with van der Waals surface area (Å²) in [5.74, 6) is 0. The van der Waals surface area contributed by atoms with Crippen molar-refractivity contribution in [1.82, 2.24) is 0 Å². The smallest absolute Gasteiger partial charge is 0.136 e. The van der Waals surface area contributed by atoms with Gasteiger partial charge in [0.05, 0.1) is 5.41 Å².